The van der Waals surface area contributed by atoms with E-state index in [1.807, 2.05) is 6.07 Å². The maximum Gasteiger partial charge on any atom is 0.261 e. The number of para-hydroxylation sites is 1. The van der Waals surface area contributed by atoms with Crippen LogP contribution in [0.25, 0.3) is 10.2 Å². The minimum atomic E-state index is -3.92. The minimum absolute atomic E-state index is 0.0293. The average molecular weight is 502 g/mol. The minimum Gasteiger partial charge on any atom is -0.486 e. The fourth-order valence-electron chi connectivity index (χ4n) is 3.27. The van der Waals surface area contributed by atoms with Gasteiger partial charge in [0.25, 0.3) is 15.9 Å². The molecule has 0 spiro atoms. The normalized spacial score (nSPS) is 13.0. The molecule has 33 heavy (non-hydrogen) atoms. The molecule has 0 bridgehead atoms. The van der Waals surface area contributed by atoms with E-state index >= 15 is 0 Å². The Balaban J connectivity index is 1.40. The van der Waals surface area contributed by atoms with Gasteiger partial charge in [0.2, 0.25) is 0 Å². The van der Waals surface area contributed by atoms with Crippen molar-refractivity contribution >= 4 is 59.9 Å². The number of sulfonamides is 1. The topological polar surface area (TPSA) is 107 Å². The maximum absolute atomic E-state index is 13.0. The molecule has 3 aromatic carbocycles. The number of ether oxygens (including phenoxy) is 2. The maximum atomic E-state index is 13.0. The lowest BCUT2D eigenvalue weighted by Gasteiger charge is -2.17. The van der Waals surface area contributed by atoms with Gasteiger partial charge in [-0.15, -0.1) is 0 Å². The van der Waals surface area contributed by atoms with E-state index in [1.165, 1.54) is 47.7 Å². The zero-order valence-corrected chi connectivity index (χ0v) is 19.3. The first-order valence-corrected chi connectivity index (χ1v) is 12.5. The van der Waals surface area contributed by atoms with Crippen molar-refractivity contribution in [2.45, 2.75) is 4.90 Å². The van der Waals surface area contributed by atoms with Crippen molar-refractivity contribution < 1.29 is 22.7 Å². The highest BCUT2D eigenvalue weighted by Gasteiger charge is 2.20. The first kappa shape index (κ1) is 21.5. The van der Waals surface area contributed by atoms with Crippen LogP contribution in [0.4, 0.5) is 10.8 Å². The van der Waals surface area contributed by atoms with E-state index < -0.39 is 15.9 Å². The highest BCUT2D eigenvalue weighted by Crippen LogP contribution is 2.38. The Bertz CT molecular complexity index is 1430. The molecule has 1 aliphatic heterocycles. The average Bonchev–Trinajstić information content (AvgIpc) is 3.18. The highest BCUT2D eigenvalue weighted by molar-refractivity contribution is 7.92. The van der Waals surface area contributed by atoms with Gasteiger partial charge in [0.1, 0.15) is 13.2 Å². The van der Waals surface area contributed by atoms with Gasteiger partial charge in [-0.2, -0.15) is 0 Å². The molecular formula is C22H16ClN3O5S2. The van der Waals surface area contributed by atoms with Crippen LogP contribution in [0, 0.1) is 0 Å². The first-order valence-electron chi connectivity index (χ1n) is 9.78. The molecule has 168 valence electrons. The van der Waals surface area contributed by atoms with Crippen molar-refractivity contribution in [1.29, 1.82) is 0 Å². The van der Waals surface area contributed by atoms with Crippen LogP contribution in [0.5, 0.6) is 11.5 Å². The number of benzene rings is 3. The van der Waals surface area contributed by atoms with E-state index in [4.69, 9.17) is 21.1 Å². The van der Waals surface area contributed by atoms with Crippen LogP contribution in [0.15, 0.2) is 65.6 Å². The summed E-state index contributed by atoms with van der Waals surface area (Å²) in [5.74, 6) is 0.747. The Morgan fingerprint density at radius 1 is 1.00 bits per heavy atom. The van der Waals surface area contributed by atoms with Gasteiger partial charge in [-0.05, 0) is 36.4 Å². The third-order valence-electron chi connectivity index (χ3n) is 4.81. The second kappa shape index (κ2) is 8.54. The van der Waals surface area contributed by atoms with Crippen LogP contribution in [-0.4, -0.2) is 32.5 Å². The fraction of sp³-hybridized carbons (Fsp3) is 0.0909. The number of carbonyl (C=O) groups excluding carboxylic acids is 1. The molecule has 0 unspecified atom stereocenters. The molecule has 8 nitrogen and oxygen atoms in total. The standard InChI is InChI=1S/C22H16ClN3O5S2/c23-13-5-7-14(8-6-13)33(28,29)26-16-4-2-1-3-15(16)21(27)25-22-24-17-11-18-19(12-20(17)32-22)31-10-9-30-18/h1-8,11-12,26H,9-10H2,(H,24,25,27). The highest BCUT2D eigenvalue weighted by atomic mass is 35.5. The van der Waals surface area contributed by atoms with Crippen LogP contribution >= 0.6 is 22.9 Å². The van der Waals surface area contributed by atoms with E-state index in [9.17, 15) is 13.2 Å². The van der Waals surface area contributed by atoms with Gasteiger partial charge in [-0.25, -0.2) is 13.4 Å². The summed E-state index contributed by atoms with van der Waals surface area (Å²) in [5.41, 5.74) is 0.958. The number of rotatable bonds is 5. The smallest absolute Gasteiger partial charge is 0.261 e. The van der Waals surface area contributed by atoms with Crippen molar-refractivity contribution in [3.63, 3.8) is 0 Å². The second-order valence-corrected chi connectivity index (χ2v) is 10.2. The molecule has 0 atom stereocenters. The molecule has 2 N–H and O–H groups in total. The van der Waals surface area contributed by atoms with Crippen LogP contribution in [0.3, 0.4) is 0 Å². The largest absolute Gasteiger partial charge is 0.486 e. The van der Waals surface area contributed by atoms with Crippen LogP contribution < -0.4 is 19.5 Å². The van der Waals surface area contributed by atoms with E-state index in [0.717, 1.165) is 4.70 Å². The summed E-state index contributed by atoms with van der Waals surface area (Å²) in [5, 5.41) is 3.53. The van der Waals surface area contributed by atoms with Crippen molar-refractivity contribution in [3.05, 3.63) is 71.2 Å². The molecular weight excluding hydrogens is 486 g/mol. The number of halogens is 1. The van der Waals surface area contributed by atoms with Gasteiger partial charge in [0.15, 0.2) is 16.6 Å². The lowest BCUT2D eigenvalue weighted by atomic mass is 10.2. The Labute approximate surface area is 198 Å². The molecule has 0 radical (unpaired) electrons. The van der Waals surface area contributed by atoms with Gasteiger partial charge in [0.05, 0.1) is 26.4 Å². The molecule has 1 amide bonds. The predicted molar refractivity (Wildman–Crippen MR) is 127 cm³/mol. The van der Waals surface area contributed by atoms with Gasteiger partial charge >= 0.3 is 0 Å². The monoisotopic (exact) mass is 501 g/mol. The molecule has 0 saturated carbocycles. The summed E-state index contributed by atoms with van der Waals surface area (Å²) in [6, 6.07) is 15.7. The molecule has 1 aliphatic rings. The zero-order chi connectivity index (χ0) is 23.0. The lowest BCUT2D eigenvalue weighted by Crippen LogP contribution is -2.18. The molecule has 11 heteroatoms. The zero-order valence-electron chi connectivity index (χ0n) is 16.9. The van der Waals surface area contributed by atoms with Crippen LogP contribution in [-0.2, 0) is 10.0 Å². The predicted octanol–water partition coefficient (Wildman–Crippen LogP) is 4.77. The van der Waals surface area contributed by atoms with Gasteiger partial charge < -0.3 is 9.47 Å². The molecule has 1 aromatic heterocycles. The summed E-state index contributed by atoms with van der Waals surface area (Å²) in [4.78, 5) is 17.5. The molecule has 2 heterocycles. The van der Waals surface area contributed by atoms with Gasteiger partial charge in [-0.1, -0.05) is 35.1 Å². The number of thiazole rings is 1. The molecule has 0 aliphatic carbocycles. The number of fused-ring (bicyclic) bond motifs is 2. The number of hydrogen-bond donors (Lipinski definition) is 2. The number of anilines is 2. The van der Waals surface area contributed by atoms with E-state index in [-0.39, 0.29) is 16.1 Å². The number of carbonyl (C=O) groups is 1. The Kier molecular flexibility index (Phi) is 5.57. The van der Waals surface area contributed by atoms with Crippen molar-refractivity contribution in [1.82, 2.24) is 4.98 Å². The number of aromatic nitrogens is 1. The van der Waals surface area contributed by atoms with Crippen LogP contribution in [0.2, 0.25) is 5.02 Å². The number of amides is 1. The number of nitrogens with one attached hydrogen (secondary N) is 2. The van der Waals surface area contributed by atoms with Gasteiger partial charge in [0, 0.05) is 17.2 Å². The fourth-order valence-corrected chi connectivity index (χ4v) is 5.35. The Morgan fingerprint density at radius 2 is 1.70 bits per heavy atom. The number of hydrogen-bond acceptors (Lipinski definition) is 7. The third kappa shape index (κ3) is 4.45. The summed E-state index contributed by atoms with van der Waals surface area (Å²) >= 11 is 7.13. The molecule has 0 fully saturated rings. The second-order valence-electron chi connectivity index (χ2n) is 7.04. The third-order valence-corrected chi connectivity index (χ3v) is 7.38. The SMILES string of the molecule is O=C(Nc1nc2cc3c(cc2s1)OCCO3)c1ccccc1NS(=O)(=O)c1ccc(Cl)cc1. The summed E-state index contributed by atoms with van der Waals surface area (Å²) in [6.45, 7) is 0.943. The van der Waals surface area contributed by atoms with Crippen molar-refractivity contribution in [3.8, 4) is 11.5 Å². The van der Waals surface area contributed by atoms with Crippen LogP contribution in [0.1, 0.15) is 10.4 Å². The number of nitrogens with zero attached hydrogens (tertiary/aromatic N) is 1. The summed E-state index contributed by atoms with van der Waals surface area (Å²) in [6.07, 6.45) is 0. The van der Waals surface area contributed by atoms with Gasteiger partial charge in [-0.3, -0.25) is 14.8 Å². The molecule has 4 aromatic rings. The first-order chi connectivity index (χ1) is 15.9. The Hall–Kier alpha value is -3.34. The summed E-state index contributed by atoms with van der Waals surface area (Å²) in [7, 11) is -3.92. The lowest BCUT2D eigenvalue weighted by molar-refractivity contribution is 0.102. The Morgan fingerprint density at radius 3 is 2.45 bits per heavy atom. The van der Waals surface area contributed by atoms with E-state index in [1.54, 1.807) is 18.2 Å². The quantitative estimate of drug-likeness (QED) is 0.408. The van der Waals surface area contributed by atoms with Crippen molar-refractivity contribution in [2.24, 2.45) is 0 Å². The molecule has 5 rings (SSSR count). The van der Waals surface area contributed by atoms with E-state index in [0.29, 0.717) is 40.4 Å². The van der Waals surface area contributed by atoms with E-state index in [2.05, 4.69) is 15.0 Å². The van der Waals surface area contributed by atoms with Crippen molar-refractivity contribution in [2.75, 3.05) is 23.3 Å². The molecule has 0 saturated heterocycles. The summed E-state index contributed by atoms with van der Waals surface area (Å²) < 4.78 is 40.0.